The molecule has 160 valence electrons. The van der Waals surface area contributed by atoms with E-state index in [1.165, 1.54) is 20.0 Å². The summed E-state index contributed by atoms with van der Waals surface area (Å²) < 4.78 is 16.8. The number of amides is 1. The van der Waals surface area contributed by atoms with E-state index in [0.717, 1.165) is 42.7 Å². The van der Waals surface area contributed by atoms with Crippen molar-refractivity contribution in [1.29, 1.82) is 0 Å². The molecule has 2 aliphatic carbocycles. The fourth-order valence-corrected chi connectivity index (χ4v) is 5.21. The minimum Gasteiger partial charge on any atom is -0.493 e. The summed E-state index contributed by atoms with van der Waals surface area (Å²) in [4.78, 5) is 14.0. The van der Waals surface area contributed by atoms with Gasteiger partial charge in [-0.1, -0.05) is 13.0 Å². The van der Waals surface area contributed by atoms with Crippen LogP contribution in [0.5, 0.6) is 11.5 Å². The van der Waals surface area contributed by atoms with Crippen molar-refractivity contribution in [2.24, 2.45) is 11.3 Å². The van der Waals surface area contributed by atoms with Crippen LogP contribution in [0.1, 0.15) is 56.9 Å². The molecule has 0 bridgehead atoms. The first kappa shape index (κ1) is 20.3. The van der Waals surface area contributed by atoms with E-state index in [1.54, 1.807) is 12.0 Å². The van der Waals surface area contributed by atoms with Crippen molar-refractivity contribution in [2.75, 3.05) is 27.3 Å². The van der Waals surface area contributed by atoms with Crippen LogP contribution >= 0.6 is 0 Å². The minimum atomic E-state index is -0.441. The van der Waals surface area contributed by atoms with Crippen molar-refractivity contribution in [1.82, 2.24) is 4.90 Å². The average molecular weight is 404 g/mol. The molecule has 1 aromatic rings. The Morgan fingerprint density at radius 1 is 1.17 bits per heavy atom. The van der Waals surface area contributed by atoms with E-state index in [0.29, 0.717) is 19.0 Å². The van der Waals surface area contributed by atoms with Gasteiger partial charge in [-0.05, 0) is 62.1 Å². The summed E-state index contributed by atoms with van der Waals surface area (Å²) in [7, 11) is 3.07. The zero-order valence-corrected chi connectivity index (χ0v) is 17.7. The van der Waals surface area contributed by atoms with Crippen LogP contribution < -0.4 is 9.47 Å². The molecule has 1 aliphatic heterocycles. The van der Waals surface area contributed by atoms with Crippen LogP contribution in [-0.4, -0.2) is 55.6 Å². The summed E-state index contributed by atoms with van der Waals surface area (Å²) in [6.45, 7) is 3.13. The Morgan fingerprint density at radius 3 is 2.52 bits per heavy atom. The van der Waals surface area contributed by atoms with Gasteiger partial charge >= 0.3 is 6.09 Å². The van der Waals surface area contributed by atoms with Gasteiger partial charge in [-0.2, -0.15) is 0 Å². The molecule has 1 saturated heterocycles. The summed E-state index contributed by atoms with van der Waals surface area (Å²) >= 11 is 0. The fraction of sp³-hybridized carbons (Fsp3) is 0.696. The van der Waals surface area contributed by atoms with E-state index >= 15 is 0 Å². The van der Waals surface area contributed by atoms with Crippen molar-refractivity contribution >= 4 is 6.09 Å². The second-order valence-corrected chi connectivity index (χ2v) is 9.13. The molecular weight excluding hydrogens is 370 g/mol. The van der Waals surface area contributed by atoms with Crippen LogP contribution in [0.4, 0.5) is 4.79 Å². The maximum Gasteiger partial charge on any atom is 0.409 e. The fourth-order valence-electron chi connectivity index (χ4n) is 5.21. The van der Waals surface area contributed by atoms with Crippen LogP contribution in [0.2, 0.25) is 0 Å². The number of hydrogen-bond acceptors (Lipinski definition) is 5. The normalized spacial score (nSPS) is 28.4. The topological polar surface area (TPSA) is 68.2 Å². The van der Waals surface area contributed by atoms with Crippen LogP contribution in [0.25, 0.3) is 0 Å². The number of ether oxygens (including phenoxy) is 3. The summed E-state index contributed by atoms with van der Waals surface area (Å²) in [6.07, 6.45) is 6.12. The molecule has 1 heterocycles. The molecule has 3 aliphatic rings. The molecule has 6 nitrogen and oxygen atoms in total. The Hall–Kier alpha value is -1.95. The number of benzene rings is 1. The van der Waals surface area contributed by atoms with Crippen molar-refractivity contribution in [3.63, 3.8) is 0 Å². The molecule has 0 spiro atoms. The number of carbonyl (C=O) groups is 1. The molecule has 2 saturated carbocycles. The monoisotopic (exact) mass is 403 g/mol. The number of carbonyl (C=O) groups excluding carboxylic acids is 1. The van der Waals surface area contributed by atoms with Gasteiger partial charge in [0.05, 0.1) is 26.4 Å². The zero-order valence-electron chi connectivity index (χ0n) is 17.7. The third-order valence-corrected chi connectivity index (χ3v) is 7.09. The predicted octanol–water partition coefficient (Wildman–Crippen LogP) is 3.96. The van der Waals surface area contributed by atoms with Gasteiger partial charge in [0.25, 0.3) is 0 Å². The lowest BCUT2D eigenvalue weighted by Gasteiger charge is -2.36. The molecule has 4 rings (SSSR count). The van der Waals surface area contributed by atoms with Gasteiger partial charge in [0.1, 0.15) is 0 Å². The van der Waals surface area contributed by atoms with Crippen LogP contribution in [0, 0.1) is 11.3 Å². The maximum absolute atomic E-state index is 12.3. The number of hydrogen-bond donors (Lipinski definition) is 1. The molecule has 1 N–H and O–H groups in total. The van der Waals surface area contributed by atoms with Crippen LogP contribution in [-0.2, 0) is 4.74 Å². The lowest BCUT2D eigenvalue weighted by molar-refractivity contribution is 0.0161. The highest BCUT2D eigenvalue weighted by Gasteiger charge is 2.54. The third-order valence-electron chi connectivity index (χ3n) is 7.09. The summed E-state index contributed by atoms with van der Waals surface area (Å²) in [5.41, 5.74) is 0.654. The number of aliphatic hydroxyl groups excluding tert-OH is 1. The van der Waals surface area contributed by atoms with Gasteiger partial charge in [-0.15, -0.1) is 0 Å². The SMILES string of the molecule is COC(=O)N1CC(c2ccc(OC)c(OC3CCCC3)c2)C(C)(C(O)C2CC2)C1. The first-order valence-electron chi connectivity index (χ1n) is 10.8. The molecule has 1 aromatic carbocycles. The molecule has 0 radical (unpaired) electrons. The van der Waals surface area contributed by atoms with Gasteiger partial charge in [0.2, 0.25) is 0 Å². The Balaban J connectivity index is 1.65. The highest BCUT2D eigenvalue weighted by molar-refractivity contribution is 5.68. The number of likely N-dealkylation sites (tertiary alicyclic amines) is 1. The largest absolute Gasteiger partial charge is 0.493 e. The smallest absolute Gasteiger partial charge is 0.409 e. The third kappa shape index (κ3) is 3.91. The minimum absolute atomic E-state index is 0.00836. The van der Waals surface area contributed by atoms with Crippen LogP contribution in [0.3, 0.4) is 0 Å². The zero-order chi connectivity index (χ0) is 20.6. The van der Waals surface area contributed by atoms with Gasteiger partial charge in [0.15, 0.2) is 11.5 Å². The van der Waals surface area contributed by atoms with E-state index in [4.69, 9.17) is 14.2 Å². The highest BCUT2D eigenvalue weighted by Crippen LogP contribution is 2.52. The van der Waals surface area contributed by atoms with Gasteiger partial charge < -0.3 is 24.2 Å². The predicted molar refractivity (Wildman–Crippen MR) is 109 cm³/mol. The van der Waals surface area contributed by atoms with Crippen molar-refractivity contribution in [2.45, 2.75) is 63.6 Å². The lowest BCUT2D eigenvalue weighted by Crippen LogP contribution is -2.41. The molecule has 1 amide bonds. The molecular formula is C23H33NO5. The Bertz CT molecular complexity index is 743. The quantitative estimate of drug-likeness (QED) is 0.779. The average Bonchev–Trinajstić information content (AvgIpc) is 3.34. The molecule has 6 heteroatoms. The molecule has 29 heavy (non-hydrogen) atoms. The maximum atomic E-state index is 12.3. The van der Waals surface area contributed by atoms with Crippen LogP contribution in [0.15, 0.2) is 18.2 Å². The van der Waals surface area contributed by atoms with Crippen molar-refractivity contribution < 1.29 is 24.1 Å². The second kappa shape index (κ2) is 8.05. The van der Waals surface area contributed by atoms with Crippen molar-refractivity contribution in [3.05, 3.63) is 23.8 Å². The number of aliphatic hydroxyl groups is 1. The first-order chi connectivity index (χ1) is 14.0. The Labute approximate surface area is 173 Å². The lowest BCUT2D eigenvalue weighted by atomic mass is 9.70. The number of nitrogens with zero attached hydrogens (tertiary/aromatic N) is 1. The van der Waals surface area contributed by atoms with E-state index < -0.39 is 11.5 Å². The Morgan fingerprint density at radius 2 is 1.90 bits per heavy atom. The first-order valence-corrected chi connectivity index (χ1v) is 10.8. The summed E-state index contributed by atoms with van der Waals surface area (Å²) in [5.74, 6) is 1.83. The highest BCUT2D eigenvalue weighted by atomic mass is 16.5. The molecule has 3 atom stereocenters. The van der Waals surface area contributed by atoms with Crippen molar-refractivity contribution in [3.8, 4) is 11.5 Å². The van der Waals surface area contributed by atoms with Gasteiger partial charge in [0, 0.05) is 24.4 Å². The van der Waals surface area contributed by atoms with Gasteiger partial charge in [-0.3, -0.25) is 0 Å². The standard InChI is InChI=1S/C23H33NO5/c1-23(21(25)15-8-9-15)14-24(22(26)28-3)13-18(23)16-10-11-19(27-2)20(12-16)29-17-6-4-5-7-17/h10-12,15,17-18,21,25H,4-9,13-14H2,1-3H3. The van der Waals surface area contributed by atoms with Gasteiger partial charge in [-0.25, -0.2) is 4.79 Å². The molecule has 0 aromatic heterocycles. The van der Waals surface area contributed by atoms with E-state index in [2.05, 4.69) is 13.0 Å². The molecule has 3 fully saturated rings. The Kier molecular flexibility index (Phi) is 5.65. The second-order valence-electron chi connectivity index (χ2n) is 9.13. The summed E-state index contributed by atoms with van der Waals surface area (Å²) in [6, 6.07) is 6.05. The number of rotatable bonds is 6. The van der Waals surface area contributed by atoms with E-state index in [-0.39, 0.29) is 18.1 Å². The number of methoxy groups -OCH3 is 2. The molecule has 3 unspecified atom stereocenters. The van der Waals surface area contributed by atoms with E-state index in [9.17, 15) is 9.90 Å². The summed E-state index contributed by atoms with van der Waals surface area (Å²) in [5, 5.41) is 11.1. The van der Waals surface area contributed by atoms with E-state index in [1.807, 2.05) is 12.1 Å².